The second-order valence-corrected chi connectivity index (χ2v) is 21.3. The Hall–Kier alpha value is -1.61. The highest BCUT2D eigenvalue weighted by atomic mass is 32.1. The Morgan fingerprint density at radius 2 is 0.958 bits per heavy atom. The van der Waals surface area contributed by atoms with E-state index in [-0.39, 0.29) is 18.4 Å². The van der Waals surface area contributed by atoms with E-state index in [0.717, 1.165) is 44.3 Å². The van der Waals surface area contributed by atoms with E-state index in [1.54, 1.807) is 12.1 Å². The lowest BCUT2D eigenvalue weighted by Gasteiger charge is -2.40. The Balaban J connectivity index is 1.70. The molecule has 0 radical (unpaired) electrons. The maximum Gasteiger partial charge on any atom is 0.261 e. The van der Waals surface area contributed by atoms with Gasteiger partial charge in [0.15, 0.2) is 6.29 Å². The molecule has 1 aromatic rings. The minimum Gasteiger partial charge on any atom is -0.494 e. The van der Waals surface area contributed by atoms with Crippen LogP contribution in [0.3, 0.4) is 0 Å². The summed E-state index contributed by atoms with van der Waals surface area (Å²) in [6.45, 7) is 7.35. The second-order valence-electron chi connectivity index (χ2n) is 21.0. The highest BCUT2D eigenvalue weighted by Crippen LogP contribution is 2.25. The second kappa shape index (κ2) is 45.8. The zero-order chi connectivity index (χ0) is 51.4. The molecule has 2 rings (SSSR count). The Morgan fingerprint density at radius 3 is 1.38 bits per heavy atom. The van der Waals surface area contributed by atoms with Crippen molar-refractivity contribution in [2.45, 2.75) is 307 Å². The summed E-state index contributed by atoms with van der Waals surface area (Å²) >= 11 is 5.36. The van der Waals surface area contributed by atoms with Gasteiger partial charge < -0.3 is 55.1 Å². The summed E-state index contributed by atoms with van der Waals surface area (Å²) in [5.74, 6) is 0.729. The molecular formula is C59H110N2O9S. The number of thiocarbonyl (C=S) groups is 1. The maximum absolute atomic E-state index is 11.5. The fourth-order valence-corrected chi connectivity index (χ4v) is 9.98. The van der Waals surface area contributed by atoms with Crippen LogP contribution in [-0.2, 0) is 14.2 Å². The summed E-state index contributed by atoms with van der Waals surface area (Å²) in [6, 6.07) is 6.57. The number of aliphatic hydroxyl groups excluding tert-OH is 5. The molecule has 0 unspecified atom stereocenters. The van der Waals surface area contributed by atoms with E-state index in [1.165, 1.54) is 193 Å². The third-order valence-corrected chi connectivity index (χ3v) is 14.7. The third kappa shape index (κ3) is 33.8. The zero-order valence-corrected chi connectivity index (χ0v) is 46.5. The molecule has 0 aromatic heterocycles. The normalized spacial score (nSPS) is 19.4. The monoisotopic (exact) mass is 1020 g/mol. The van der Waals surface area contributed by atoms with Crippen LogP contribution in [0.15, 0.2) is 24.3 Å². The van der Waals surface area contributed by atoms with E-state index in [2.05, 4.69) is 24.5 Å². The molecule has 1 heterocycles. The molecule has 0 spiro atoms. The molecule has 0 aliphatic carbocycles. The molecule has 1 aliphatic heterocycles. The molecule has 1 aromatic carbocycles. The van der Waals surface area contributed by atoms with E-state index in [0.29, 0.717) is 25.3 Å². The van der Waals surface area contributed by atoms with Crippen LogP contribution in [0.5, 0.6) is 5.75 Å². The van der Waals surface area contributed by atoms with E-state index >= 15 is 0 Å². The Labute approximate surface area is 440 Å². The summed E-state index contributed by atoms with van der Waals surface area (Å²) in [6.07, 6.45) is 38.4. The predicted molar refractivity (Wildman–Crippen MR) is 298 cm³/mol. The van der Waals surface area contributed by atoms with Crippen molar-refractivity contribution >= 4 is 23.1 Å². The zero-order valence-electron chi connectivity index (χ0n) is 45.7. The van der Waals surface area contributed by atoms with Crippen LogP contribution < -0.4 is 15.4 Å². The highest BCUT2D eigenvalue weighted by Gasteiger charge is 2.45. The number of ether oxygens (including phenoxy) is 4. The molecular weight excluding hydrogens is 913 g/mol. The lowest BCUT2D eigenvalue weighted by atomic mass is 9.98. The van der Waals surface area contributed by atoms with Crippen molar-refractivity contribution in [1.29, 1.82) is 0 Å². The van der Waals surface area contributed by atoms with Gasteiger partial charge in [-0.25, -0.2) is 0 Å². The van der Waals surface area contributed by atoms with Crippen molar-refractivity contribution in [3.8, 4) is 5.75 Å². The topological polar surface area (TPSA) is 162 Å². The Morgan fingerprint density at radius 1 is 0.549 bits per heavy atom. The van der Waals surface area contributed by atoms with Crippen LogP contribution in [0.1, 0.15) is 258 Å². The fraction of sp³-hybridized carbons (Fsp3) is 0.881. The standard InChI is InChI=1S/C59H110N2O9S/c1-4-7-9-11-13-15-17-19-20-21-22-23-24-25-26-27-28-29-30-32-34-36-38-40-46-60-51(54(63)52(62)41-39-37-35-33-31-18-16-14-12-10-8-5-2)47-68-58-57(66)56(65)55(64)53(70-58)48-69-59(71)61-49-42-44-50(45-43-49)67-6-3/h42-45,51-58,60,62-66H,4-41,46-48H2,1-3H3,(H,61,71)/t51-,52+,53+,54-,55-,56-,57+,58+/m0/s1. The first-order valence-corrected chi connectivity index (χ1v) is 30.2. The van der Waals surface area contributed by atoms with Gasteiger partial charge in [0.2, 0.25) is 0 Å². The van der Waals surface area contributed by atoms with Crippen molar-refractivity contribution in [2.24, 2.45) is 0 Å². The van der Waals surface area contributed by atoms with E-state index in [4.69, 9.17) is 31.2 Å². The minimum atomic E-state index is -1.57. The van der Waals surface area contributed by atoms with Gasteiger partial charge in [-0.05, 0) is 62.8 Å². The quantitative estimate of drug-likeness (QED) is 0.0245. The summed E-state index contributed by atoms with van der Waals surface area (Å²) in [5.41, 5.74) is 0.685. The number of hydrogen-bond acceptors (Lipinski definition) is 11. The van der Waals surface area contributed by atoms with Gasteiger partial charge in [0.05, 0.1) is 31.5 Å². The molecule has 12 heteroatoms. The van der Waals surface area contributed by atoms with E-state index < -0.39 is 49.0 Å². The molecule has 1 saturated heterocycles. The van der Waals surface area contributed by atoms with Crippen LogP contribution in [0.4, 0.5) is 5.69 Å². The molecule has 0 saturated carbocycles. The molecule has 416 valence electrons. The molecule has 71 heavy (non-hydrogen) atoms. The maximum atomic E-state index is 11.5. The third-order valence-electron chi connectivity index (χ3n) is 14.5. The predicted octanol–water partition coefficient (Wildman–Crippen LogP) is 13.8. The van der Waals surface area contributed by atoms with Gasteiger partial charge in [0.25, 0.3) is 5.17 Å². The average molecular weight is 1020 g/mol. The van der Waals surface area contributed by atoms with Gasteiger partial charge in [0.1, 0.15) is 36.8 Å². The van der Waals surface area contributed by atoms with E-state index in [9.17, 15) is 25.5 Å². The highest BCUT2D eigenvalue weighted by molar-refractivity contribution is 7.80. The van der Waals surface area contributed by atoms with Crippen LogP contribution >= 0.6 is 12.2 Å². The number of hydrogen-bond donors (Lipinski definition) is 7. The van der Waals surface area contributed by atoms with Gasteiger partial charge in [0, 0.05) is 5.69 Å². The molecule has 1 aliphatic rings. The van der Waals surface area contributed by atoms with Gasteiger partial charge in [-0.15, -0.1) is 0 Å². The van der Waals surface area contributed by atoms with Gasteiger partial charge in [-0.1, -0.05) is 239 Å². The summed E-state index contributed by atoms with van der Waals surface area (Å²) in [4.78, 5) is 0. The molecule has 7 N–H and O–H groups in total. The smallest absolute Gasteiger partial charge is 0.261 e. The van der Waals surface area contributed by atoms with Crippen molar-refractivity contribution in [3.63, 3.8) is 0 Å². The minimum absolute atomic E-state index is 0.0401. The summed E-state index contributed by atoms with van der Waals surface area (Å²) < 4.78 is 23.2. The number of rotatable bonds is 49. The van der Waals surface area contributed by atoms with Gasteiger partial charge >= 0.3 is 0 Å². The Bertz CT molecular complexity index is 1330. The molecule has 0 bridgehead atoms. The molecule has 8 atom stereocenters. The first-order chi connectivity index (χ1) is 34.7. The first kappa shape index (κ1) is 65.5. The fourth-order valence-electron chi connectivity index (χ4n) is 9.79. The van der Waals surface area contributed by atoms with Gasteiger partial charge in [-0.3, -0.25) is 0 Å². The number of anilines is 1. The molecule has 1 fully saturated rings. The van der Waals surface area contributed by atoms with Crippen LogP contribution in [-0.4, -0.2) is 106 Å². The lowest BCUT2D eigenvalue weighted by molar-refractivity contribution is -0.302. The van der Waals surface area contributed by atoms with Crippen molar-refractivity contribution < 1.29 is 44.5 Å². The van der Waals surface area contributed by atoms with E-state index in [1.807, 2.05) is 19.1 Å². The van der Waals surface area contributed by atoms with Crippen LogP contribution in [0.2, 0.25) is 0 Å². The molecule has 11 nitrogen and oxygen atoms in total. The first-order valence-electron chi connectivity index (χ1n) is 29.8. The number of unbranched alkanes of at least 4 members (excludes halogenated alkanes) is 34. The largest absolute Gasteiger partial charge is 0.494 e. The van der Waals surface area contributed by atoms with Crippen LogP contribution in [0, 0.1) is 0 Å². The number of aliphatic hydroxyl groups is 5. The SMILES string of the molecule is CCCCCCCCCCCCCCCCCCCCCCCCCCN[C@@H](CO[C@@H]1O[C@H](COC(=S)Nc2ccc(OCC)cc2)[C@H](O)[C@H](O)[C@H]1O)[C@H](O)[C@H](O)CCCCCCCCCCCCCC. The van der Waals surface area contributed by atoms with Crippen molar-refractivity contribution in [3.05, 3.63) is 24.3 Å². The number of benzene rings is 1. The average Bonchev–Trinajstić information content (AvgIpc) is 3.37. The van der Waals surface area contributed by atoms with Crippen molar-refractivity contribution in [2.75, 3.05) is 31.7 Å². The molecule has 0 amide bonds. The number of nitrogens with one attached hydrogen (secondary N) is 2. The lowest BCUT2D eigenvalue weighted by Crippen LogP contribution is -2.60. The summed E-state index contributed by atoms with van der Waals surface area (Å²) in [7, 11) is 0. The Kier molecular flexibility index (Phi) is 42.2. The summed E-state index contributed by atoms with van der Waals surface area (Å²) in [5, 5.41) is 61.5. The van der Waals surface area contributed by atoms with Crippen LogP contribution in [0.25, 0.3) is 0 Å². The van der Waals surface area contributed by atoms with Gasteiger partial charge in [-0.2, -0.15) is 0 Å². The van der Waals surface area contributed by atoms with Crippen molar-refractivity contribution in [1.82, 2.24) is 5.32 Å².